The summed E-state index contributed by atoms with van der Waals surface area (Å²) in [6.07, 6.45) is 4.15. The molecule has 60 valence electrons. The Morgan fingerprint density at radius 3 is 2.36 bits per heavy atom. The molecule has 2 heterocycles. The molecule has 2 atom stereocenters. The quantitative estimate of drug-likeness (QED) is 0.551. The third kappa shape index (κ3) is 1.13. The molecular formula is C8H12N2O. The highest BCUT2D eigenvalue weighted by atomic mass is 16.5. The van der Waals surface area contributed by atoms with Crippen LogP contribution in [0.2, 0.25) is 0 Å². The Kier molecular flexibility index (Phi) is 1.41. The lowest BCUT2D eigenvalue weighted by molar-refractivity contribution is -0.0159. The molecule has 0 saturated carbocycles. The summed E-state index contributed by atoms with van der Waals surface area (Å²) in [4.78, 5) is 0. The van der Waals surface area contributed by atoms with Gasteiger partial charge in [-0.1, -0.05) is 0 Å². The van der Waals surface area contributed by atoms with E-state index in [0.29, 0.717) is 0 Å². The van der Waals surface area contributed by atoms with E-state index in [4.69, 9.17) is 15.7 Å². The van der Waals surface area contributed by atoms with Crippen molar-refractivity contribution in [3.8, 4) is 6.07 Å². The second kappa shape index (κ2) is 2.20. The molecule has 2 fully saturated rings. The first-order chi connectivity index (χ1) is 5.22. The molecule has 2 aliphatic heterocycles. The molecule has 2 saturated heterocycles. The molecule has 3 nitrogen and oxygen atoms in total. The molecule has 0 amide bonds. The van der Waals surface area contributed by atoms with E-state index in [1.165, 1.54) is 0 Å². The smallest absolute Gasteiger partial charge is 0.109 e. The molecule has 2 rings (SSSR count). The van der Waals surface area contributed by atoms with Crippen LogP contribution in [0.1, 0.15) is 25.7 Å². The van der Waals surface area contributed by atoms with Gasteiger partial charge in [0, 0.05) is 12.8 Å². The first-order valence-corrected chi connectivity index (χ1v) is 4.07. The maximum atomic E-state index is 8.78. The van der Waals surface area contributed by atoms with E-state index in [2.05, 4.69) is 6.07 Å². The highest BCUT2D eigenvalue weighted by Crippen LogP contribution is 2.36. The molecule has 3 heteroatoms. The van der Waals surface area contributed by atoms with Crippen LogP contribution in [0.25, 0.3) is 0 Å². The van der Waals surface area contributed by atoms with E-state index in [0.717, 1.165) is 25.7 Å². The van der Waals surface area contributed by atoms with Crippen LogP contribution in [0.15, 0.2) is 0 Å². The van der Waals surface area contributed by atoms with Gasteiger partial charge in [-0.25, -0.2) is 0 Å². The monoisotopic (exact) mass is 152 g/mol. The summed E-state index contributed by atoms with van der Waals surface area (Å²) in [5.41, 5.74) is 5.24. The second-order valence-electron chi connectivity index (χ2n) is 3.63. The summed E-state index contributed by atoms with van der Waals surface area (Å²) < 4.78 is 5.56. The Balaban J connectivity index is 2.15. The molecule has 2 aliphatic rings. The van der Waals surface area contributed by atoms with Crippen molar-refractivity contribution in [2.75, 3.05) is 0 Å². The van der Waals surface area contributed by atoms with Gasteiger partial charge >= 0.3 is 0 Å². The van der Waals surface area contributed by atoms with Crippen LogP contribution in [0, 0.1) is 11.3 Å². The summed E-state index contributed by atoms with van der Waals surface area (Å²) in [5.74, 6) is 0. The first kappa shape index (κ1) is 7.08. The summed E-state index contributed by atoms with van der Waals surface area (Å²) in [6, 6.07) is 2.18. The molecule has 0 aliphatic carbocycles. The molecule has 0 spiro atoms. The Labute approximate surface area is 66.1 Å². The highest BCUT2D eigenvalue weighted by molar-refractivity contribution is 5.10. The number of hydrogen-bond acceptors (Lipinski definition) is 3. The van der Waals surface area contributed by atoms with E-state index < -0.39 is 5.54 Å². The summed E-state index contributed by atoms with van der Waals surface area (Å²) >= 11 is 0. The van der Waals surface area contributed by atoms with Gasteiger partial charge in [-0.15, -0.1) is 0 Å². The highest BCUT2D eigenvalue weighted by Gasteiger charge is 2.42. The fourth-order valence-corrected chi connectivity index (χ4v) is 2.07. The van der Waals surface area contributed by atoms with Gasteiger partial charge in [0.15, 0.2) is 0 Å². The van der Waals surface area contributed by atoms with Crippen LogP contribution in [0.4, 0.5) is 0 Å². The first-order valence-electron chi connectivity index (χ1n) is 4.07. The number of fused-ring (bicyclic) bond motifs is 2. The van der Waals surface area contributed by atoms with Crippen molar-refractivity contribution in [2.45, 2.75) is 43.4 Å². The van der Waals surface area contributed by atoms with Crippen LogP contribution in [-0.2, 0) is 4.74 Å². The number of ether oxygens (including phenoxy) is 1. The summed E-state index contributed by atoms with van der Waals surface area (Å²) in [7, 11) is 0. The maximum absolute atomic E-state index is 8.78. The average Bonchev–Trinajstić information content (AvgIpc) is 2.31. The molecular weight excluding hydrogens is 140 g/mol. The Morgan fingerprint density at radius 1 is 1.36 bits per heavy atom. The number of nitrogens with zero attached hydrogens (tertiary/aromatic N) is 1. The van der Waals surface area contributed by atoms with E-state index in [1.807, 2.05) is 0 Å². The topological polar surface area (TPSA) is 59.0 Å². The molecule has 2 bridgehead atoms. The van der Waals surface area contributed by atoms with Gasteiger partial charge in [0.2, 0.25) is 0 Å². The van der Waals surface area contributed by atoms with Crippen LogP contribution in [0.5, 0.6) is 0 Å². The van der Waals surface area contributed by atoms with Crippen molar-refractivity contribution in [2.24, 2.45) is 5.73 Å². The second-order valence-corrected chi connectivity index (χ2v) is 3.63. The minimum atomic E-state index is -0.593. The third-order valence-electron chi connectivity index (χ3n) is 2.60. The summed E-state index contributed by atoms with van der Waals surface area (Å²) in [6.45, 7) is 0. The predicted molar refractivity (Wildman–Crippen MR) is 39.7 cm³/mol. The molecule has 0 aromatic rings. The largest absolute Gasteiger partial charge is 0.375 e. The van der Waals surface area contributed by atoms with E-state index in [-0.39, 0.29) is 12.2 Å². The zero-order valence-electron chi connectivity index (χ0n) is 6.42. The lowest BCUT2D eigenvalue weighted by Crippen LogP contribution is -2.47. The molecule has 0 radical (unpaired) electrons. The van der Waals surface area contributed by atoms with E-state index >= 15 is 0 Å². The van der Waals surface area contributed by atoms with Crippen molar-refractivity contribution in [3.05, 3.63) is 0 Å². The minimum absolute atomic E-state index is 0.262. The SMILES string of the molecule is N#CC1(N)CC2CCC(C1)O2. The Hall–Kier alpha value is -0.590. The van der Waals surface area contributed by atoms with Gasteiger partial charge in [-0.05, 0) is 12.8 Å². The van der Waals surface area contributed by atoms with Gasteiger partial charge in [-0.3, -0.25) is 0 Å². The number of hydrogen-bond donors (Lipinski definition) is 1. The zero-order chi connectivity index (χ0) is 7.90. The lowest BCUT2D eigenvalue weighted by Gasteiger charge is -2.31. The third-order valence-corrected chi connectivity index (χ3v) is 2.60. The molecule has 0 aromatic heterocycles. The van der Waals surface area contributed by atoms with Crippen LogP contribution < -0.4 is 5.73 Å². The molecule has 2 unspecified atom stereocenters. The molecule has 2 N–H and O–H groups in total. The van der Waals surface area contributed by atoms with Crippen molar-refractivity contribution < 1.29 is 4.74 Å². The zero-order valence-corrected chi connectivity index (χ0v) is 6.42. The van der Waals surface area contributed by atoms with Gasteiger partial charge in [0.05, 0.1) is 18.3 Å². The van der Waals surface area contributed by atoms with Gasteiger partial charge < -0.3 is 10.5 Å². The van der Waals surface area contributed by atoms with Crippen molar-refractivity contribution in [1.29, 1.82) is 5.26 Å². The average molecular weight is 152 g/mol. The van der Waals surface area contributed by atoms with Crippen LogP contribution in [0.3, 0.4) is 0 Å². The Morgan fingerprint density at radius 2 is 1.91 bits per heavy atom. The van der Waals surface area contributed by atoms with Crippen LogP contribution >= 0.6 is 0 Å². The Bertz CT molecular complexity index is 197. The lowest BCUT2D eigenvalue weighted by atomic mass is 9.89. The van der Waals surface area contributed by atoms with Crippen molar-refractivity contribution in [3.63, 3.8) is 0 Å². The number of rotatable bonds is 0. The van der Waals surface area contributed by atoms with Gasteiger partial charge in [0.1, 0.15) is 5.54 Å². The summed E-state index contributed by atoms with van der Waals surface area (Å²) in [5, 5.41) is 8.78. The van der Waals surface area contributed by atoms with Crippen molar-refractivity contribution >= 4 is 0 Å². The molecule has 11 heavy (non-hydrogen) atoms. The predicted octanol–water partition coefficient (Wildman–Crippen LogP) is 0.549. The van der Waals surface area contributed by atoms with Crippen molar-refractivity contribution in [1.82, 2.24) is 0 Å². The van der Waals surface area contributed by atoms with Gasteiger partial charge in [0.25, 0.3) is 0 Å². The fraction of sp³-hybridized carbons (Fsp3) is 0.875. The maximum Gasteiger partial charge on any atom is 0.109 e. The normalized spacial score (nSPS) is 48.7. The number of nitrogens with two attached hydrogens (primary N) is 1. The van der Waals surface area contributed by atoms with E-state index in [1.54, 1.807) is 0 Å². The van der Waals surface area contributed by atoms with Gasteiger partial charge in [-0.2, -0.15) is 5.26 Å². The minimum Gasteiger partial charge on any atom is -0.375 e. The number of nitriles is 1. The fourth-order valence-electron chi connectivity index (χ4n) is 2.07. The molecule has 0 aromatic carbocycles. The van der Waals surface area contributed by atoms with E-state index in [9.17, 15) is 0 Å². The standard InChI is InChI=1S/C8H12N2O/c9-5-8(10)3-6-1-2-7(4-8)11-6/h6-7H,1-4,10H2. The van der Waals surface area contributed by atoms with Crippen LogP contribution in [-0.4, -0.2) is 17.7 Å².